The molecule has 10 heteroatoms. The number of para-hydroxylation sites is 1. The highest BCUT2D eigenvalue weighted by atomic mass is 32.2. The fourth-order valence-electron chi connectivity index (χ4n) is 4.85. The van der Waals surface area contributed by atoms with E-state index in [0.717, 1.165) is 39.0 Å². The zero-order valence-corrected chi connectivity index (χ0v) is 20.2. The van der Waals surface area contributed by atoms with Gasteiger partial charge in [0, 0.05) is 32.2 Å². The van der Waals surface area contributed by atoms with Crippen molar-refractivity contribution in [1.29, 1.82) is 0 Å². The largest absolute Gasteiger partial charge is 0.486 e. The van der Waals surface area contributed by atoms with Gasteiger partial charge in [0.15, 0.2) is 11.5 Å². The summed E-state index contributed by atoms with van der Waals surface area (Å²) in [5.74, 6) is 1.32. The first-order chi connectivity index (χ1) is 15.9. The van der Waals surface area contributed by atoms with Crippen molar-refractivity contribution in [3.8, 4) is 11.5 Å². The fourth-order valence-corrected chi connectivity index (χ4v) is 6.36. The number of hydrogen-bond donors (Lipinski definition) is 2. The Morgan fingerprint density at radius 3 is 2.64 bits per heavy atom. The number of nitrogens with zero attached hydrogens (tertiary/aromatic N) is 2. The molecule has 1 aromatic rings. The monoisotopic (exact) mass is 480 g/mol. The van der Waals surface area contributed by atoms with Crippen molar-refractivity contribution in [1.82, 2.24) is 19.8 Å². The molecular weight excluding hydrogens is 444 g/mol. The van der Waals surface area contributed by atoms with E-state index in [2.05, 4.69) is 15.5 Å². The Balaban J connectivity index is 1.40. The number of likely N-dealkylation sites (N-methyl/N-ethyl adjacent to an activating group) is 1. The van der Waals surface area contributed by atoms with Gasteiger partial charge in [0.25, 0.3) is 5.91 Å². The lowest BCUT2D eigenvalue weighted by Crippen LogP contribution is -2.48. The average Bonchev–Trinajstić information content (AvgIpc) is 2.83. The number of rotatable bonds is 8. The molecule has 2 saturated heterocycles. The Labute approximate surface area is 196 Å². The molecule has 1 atom stereocenters. The molecule has 184 valence electrons. The number of benzene rings is 1. The Kier molecular flexibility index (Phi) is 8.11. The van der Waals surface area contributed by atoms with Crippen LogP contribution in [0.25, 0.3) is 0 Å². The van der Waals surface area contributed by atoms with Gasteiger partial charge in [-0.15, -0.1) is 0 Å². The number of amides is 1. The summed E-state index contributed by atoms with van der Waals surface area (Å²) < 4.78 is 38.6. The van der Waals surface area contributed by atoms with Gasteiger partial charge in [-0.05, 0) is 63.9 Å². The average molecular weight is 481 g/mol. The zero-order valence-electron chi connectivity index (χ0n) is 19.4. The minimum atomic E-state index is -3.28. The topological polar surface area (TPSA) is 100 Å². The number of piperidine rings is 1. The maximum Gasteiger partial charge on any atom is 0.255 e. The second-order valence-corrected chi connectivity index (χ2v) is 11.2. The first-order valence-electron chi connectivity index (χ1n) is 12.0. The molecule has 3 aliphatic heterocycles. The zero-order chi connectivity index (χ0) is 23.3. The van der Waals surface area contributed by atoms with Crippen LogP contribution in [0.4, 0.5) is 0 Å². The molecule has 0 bridgehead atoms. The van der Waals surface area contributed by atoms with Crippen LogP contribution in [0, 0.1) is 5.92 Å². The number of ether oxygens (including phenoxy) is 2. The number of carbonyl (C=O) groups is 1. The lowest BCUT2D eigenvalue weighted by molar-refractivity contribution is 0.0900. The highest BCUT2D eigenvalue weighted by Gasteiger charge is 2.30. The van der Waals surface area contributed by atoms with Gasteiger partial charge in [-0.1, -0.05) is 6.07 Å². The highest BCUT2D eigenvalue weighted by Crippen LogP contribution is 2.34. The first kappa shape index (κ1) is 24.3. The van der Waals surface area contributed by atoms with Crippen LogP contribution in [0.3, 0.4) is 0 Å². The molecule has 4 rings (SSSR count). The van der Waals surface area contributed by atoms with E-state index < -0.39 is 10.0 Å². The number of carbonyl (C=O) groups excluding carboxylic acids is 1. The van der Waals surface area contributed by atoms with Crippen molar-refractivity contribution in [3.05, 3.63) is 23.8 Å². The predicted octanol–water partition coefficient (Wildman–Crippen LogP) is 0.913. The van der Waals surface area contributed by atoms with Crippen LogP contribution in [0.1, 0.15) is 36.0 Å². The summed E-state index contributed by atoms with van der Waals surface area (Å²) in [7, 11) is -1.27. The van der Waals surface area contributed by atoms with Crippen LogP contribution in [0.2, 0.25) is 0 Å². The van der Waals surface area contributed by atoms with E-state index in [0.29, 0.717) is 62.1 Å². The van der Waals surface area contributed by atoms with Crippen molar-refractivity contribution >= 4 is 15.9 Å². The van der Waals surface area contributed by atoms with Gasteiger partial charge in [0.2, 0.25) is 10.0 Å². The third-order valence-electron chi connectivity index (χ3n) is 6.85. The van der Waals surface area contributed by atoms with Crippen molar-refractivity contribution < 1.29 is 22.7 Å². The van der Waals surface area contributed by atoms with Crippen LogP contribution in [0.5, 0.6) is 11.5 Å². The molecule has 9 nitrogen and oxygen atoms in total. The second-order valence-electron chi connectivity index (χ2n) is 9.16. The number of sulfonamides is 1. The van der Waals surface area contributed by atoms with Crippen LogP contribution in [-0.4, -0.2) is 94.9 Å². The number of fused-ring (bicyclic) bond motifs is 1. The predicted molar refractivity (Wildman–Crippen MR) is 126 cm³/mol. The summed E-state index contributed by atoms with van der Waals surface area (Å²) in [6, 6.07) is 5.27. The molecule has 1 unspecified atom stereocenters. The van der Waals surface area contributed by atoms with Gasteiger partial charge < -0.3 is 25.0 Å². The quantitative estimate of drug-likeness (QED) is 0.571. The van der Waals surface area contributed by atoms with Gasteiger partial charge in [-0.2, -0.15) is 4.31 Å². The maximum atomic E-state index is 13.2. The van der Waals surface area contributed by atoms with E-state index in [1.165, 1.54) is 0 Å². The lowest BCUT2D eigenvalue weighted by atomic mass is 9.87. The molecule has 0 aromatic heterocycles. The van der Waals surface area contributed by atoms with E-state index in [1.807, 2.05) is 7.05 Å². The molecule has 33 heavy (non-hydrogen) atoms. The van der Waals surface area contributed by atoms with Crippen LogP contribution in [-0.2, 0) is 10.0 Å². The minimum Gasteiger partial charge on any atom is -0.486 e. The number of nitrogens with one attached hydrogen (secondary N) is 2. The molecule has 0 saturated carbocycles. The van der Waals surface area contributed by atoms with Gasteiger partial charge in [-0.25, -0.2) is 8.42 Å². The molecule has 0 aliphatic carbocycles. The normalized spacial score (nSPS) is 21.5. The molecule has 0 radical (unpaired) electrons. The second kappa shape index (κ2) is 11.0. The van der Waals surface area contributed by atoms with Crippen molar-refractivity contribution in [3.63, 3.8) is 0 Å². The van der Waals surface area contributed by atoms with Gasteiger partial charge >= 0.3 is 0 Å². The van der Waals surface area contributed by atoms with Crippen molar-refractivity contribution in [2.24, 2.45) is 5.92 Å². The molecule has 2 N–H and O–H groups in total. The van der Waals surface area contributed by atoms with E-state index in [9.17, 15) is 13.2 Å². The van der Waals surface area contributed by atoms with Crippen molar-refractivity contribution in [2.75, 3.05) is 65.3 Å². The summed E-state index contributed by atoms with van der Waals surface area (Å²) in [4.78, 5) is 15.4. The standard InChI is InChI=1S/C23H36N4O5S/c1-26-11-13-27(14-12-26)33(29,30)17-3-5-20(18-7-9-24-10-8-18)25-23(28)19-4-2-6-21-22(19)32-16-15-31-21/h2,4,6,18,20,24H,3,5,7-17H2,1H3,(H,25,28). The molecular formula is C23H36N4O5S. The summed E-state index contributed by atoms with van der Waals surface area (Å²) in [6.07, 6.45) is 3.08. The van der Waals surface area contributed by atoms with Gasteiger partial charge in [0.1, 0.15) is 13.2 Å². The molecule has 3 aliphatic rings. The third-order valence-corrected chi connectivity index (χ3v) is 8.81. The molecule has 2 fully saturated rings. The number of hydrogen-bond acceptors (Lipinski definition) is 7. The van der Waals surface area contributed by atoms with Crippen LogP contribution in [0.15, 0.2) is 18.2 Å². The lowest BCUT2D eigenvalue weighted by Gasteiger charge is -2.33. The third kappa shape index (κ3) is 6.17. The molecule has 0 spiro atoms. The van der Waals surface area contributed by atoms with Crippen LogP contribution >= 0.6 is 0 Å². The van der Waals surface area contributed by atoms with E-state index in [4.69, 9.17) is 9.47 Å². The molecule has 1 amide bonds. The summed E-state index contributed by atoms with van der Waals surface area (Å²) >= 11 is 0. The van der Waals surface area contributed by atoms with Crippen molar-refractivity contribution in [2.45, 2.75) is 31.7 Å². The Morgan fingerprint density at radius 1 is 1.15 bits per heavy atom. The van der Waals surface area contributed by atoms with Gasteiger partial charge in [-0.3, -0.25) is 4.79 Å². The smallest absolute Gasteiger partial charge is 0.255 e. The molecule has 1 aromatic carbocycles. The Morgan fingerprint density at radius 2 is 1.88 bits per heavy atom. The summed E-state index contributed by atoms with van der Waals surface area (Å²) in [5, 5.41) is 6.57. The van der Waals surface area contributed by atoms with E-state index in [1.54, 1.807) is 22.5 Å². The summed E-state index contributed by atoms with van der Waals surface area (Å²) in [6.45, 7) is 5.34. The van der Waals surface area contributed by atoms with E-state index in [-0.39, 0.29) is 17.7 Å². The van der Waals surface area contributed by atoms with Gasteiger partial charge in [0.05, 0.1) is 11.3 Å². The van der Waals surface area contributed by atoms with E-state index >= 15 is 0 Å². The minimum absolute atomic E-state index is 0.0809. The maximum absolute atomic E-state index is 13.2. The summed E-state index contributed by atoms with van der Waals surface area (Å²) in [5.41, 5.74) is 0.469. The fraction of sp³-hybridized carbons (Fsp3) is 0.696. The van der Waals surface area contributed by atoms with Crippen LogP contribution < -0.4 is 20.1 Å². The first-order valence-corrected chi connectivity index (χ1v) is 13.6. The number of piperazine rings is 1. The SMILES string of the molecule is CN1CCN(S(=O)(=O)CCCC(NC(=O)c2cccc3c2OCCO3)C2CCNCC2)CC1. The molecule has 3 heterocycles. The highest BCUT2D eigenvalue weighted by molar-refractivity contribution is 7.89. The Bertz CT molecular complexity index is 911. The Hall–Kier alpha value is -1.88.